The molecule has 4 aromatic carbocycles. The minimum atomic E-state index is -1.21. The fourth-order valence-electron chi connectivity index (χ4n) is 6.06. The number of amides is 2. The van der Waals surface area contributed by atoms with Crippen molar-refractivity contribution in [2.75, 3.05) is 0 Å². The van der Waals surface area contributed by atoms with Gasteiger partial charge in [-0.2, -0.15) is 0 Å². The molecule has 0 radical (unpaired) electrons. The van der Waals surface area contributed by atoms with E-state index < -0.39 is 28.7 Å². The first-order valence-electron chi connectivity index (χ1n) is 13.9. The van der Waals surface area contributed by atoms with Crippen LogP contribution in [0, 0.1) is 5.41 Å². The number of hydrogen-bond donors (Lipinski definition) is 4. The van der Waals surface area contributed by atoms with Crippen molar-refractivity contribution in [2.45, 2.75) is 61.8 Å². The molecule has 0 bridgehead atoms. The average molecular weight is 521 g/mol. The summed E-state index contributed by atoms with van der Waals surface area (Å²) in [4.78, 5) is 27.6. The maximum Gasteiger partial charge on any atom is 0.236 e. The molecule has 4 N–H and O–H groups in total. The Morgan fingerprint density at radius 3 is 1.33 bits per heavy atom. The smallest absolute Gasteiger partial charge is 0.236 e. The molecule has 3 fully saturated rings. The topological polar surface area (TPSA) is 98.7 Å². The second-order valence-corrected chi connectivity index (χ2v) is 11.7. The van der Waals surface area contributed by atoms with Gasteiger partial charge in [-0.15, -0.1) is 0 Å². The fraction of sp³-hybridized carbons (Fsp3) is 0.333. The number of benzene rings is 4. The molecule has 198 valence electrons. The molecule has 0 aliphatic heterocycles. The predicted molar refractivity (Wildman–Crippen MR) is 150 cm³/mol. The molecule has 0 unspecified atom stereocenters. The molecule has 0 spiro atoms. The van der Waals surface area contributed by atoms with Crippen LogP contribution in [0.3, 0.4) is 0 Å². The first kappa shape index (κ1) is 24.3. The van der Waals surface area contributed by atoms with Gasteiger partial charge in [-0.05, 0) is 71.2 Å². The second-order valence-electron chi connectivity index (χ2n) is 11.7. The third-order valence-electron chi connectivity index (χ3n) is 9.04. The van der Waals surface area contributed by atoms with E-state index in [0.717, 1.165) is 32.7 Å². The van der Waals surface area contributed by atoms with Gasteiger partial charge in [0.1, 0.15) is 5.41 Å². The lowest BCUT2D eigenvalue weighted by Gasteiger charge is -2.30. The van der Waals surface area contributed by atoms with Crippen molar-refractivity contribution >= 4 is 33.4 Å². The fourth-order valence-corrected chi connectivity index (χ4v) is 6.06. The van der Waals surface area contributed by atoms with Crippen LogP contribution in [0.2, 0.25) is 0 Å². The van der Waals surface area contributed by atoms with Gasteiger partial charge in [-0.3, -0.25) is 9.59 Å². The summed E-state index contributed by atoms with van der Waals surface area (Å²) in [6.07, 6.45) is 3.25. The van der Waals surface area contributed by atoms with Gasteiger partial charge < -0.3 is 20.8 Å². The maximum absolute atomic E-state index is 13.8. The minimum Gasteiger partial charge on any atom is -0.387 e. The van der Waals surface area contributed by atoms with E-state index in [4.69, 9.17) is 0 Å². The molecule has 3 aliphatic rings. The largest absolute Gasteiger partial charge is 0.387 e. The van der Waals surface area contributed by atoms with Crippen molar-refractivity contribution in [2.24, 2.45) is 5.41 Å². The van der Waals surface area contributed by atoms with Crippen molar-refractivity contribution in [3.63, 3.8) is 0 Å². The molecule has 6 heteroatoms. The first-order chi connectivity index (χ1) is 18.8. The number of carbonyl (C=O) groups excluding carboxylic acids is 2. The Morgan fingerprint density at radius 1 is 0.564 bits per heavy atom. The average Bonchev–Trinajstić information content (AvgIpc) is 3.86. The Balaban J connectivity index is 1.18. The lowest BCUT2D eigenvalue weighted by molar-refractivity contribution is -0.139. The normalized spacial score (nSPS) is 21.1. The summed E-state index contributed by atoms with van der Waals surface area (Å²) in [6, 6.07) is 26.4. The summed E-state index contributed by atoms with van der Waals surface area (Å²) < 4.78 is 0. The Hall–Kier alpha value is -3.74. The lowest BCUT2D eigenvalue weighted by Crippen LogP contribution is -2.49. The van der Waals surface area contributed by atoms with Crippen LogP contribution in [-0.4, -0.2) is 33.2 Å². The standard InChI is InChI=1S/C33H32N2O4/c36-29(34-27(32(38)17-18-32)25-13-5-9-21-7-1-3-11-23(21)25)31(15-16-31)30(37)35-28(33(39)19-20-33)26-14-6-10-22-8-2-4-12-24(22)26/h1-14,27-28,38-39H,15-20H2,(H,34,36)(H,35,37)/t27-,28-/m0/s1. The summed E-state index contributed by atoms with van der Waals surface area (Å²) in [5.41, 5.74) is -1.54. The molecule has 2 atom stereocenters. The summed E-state index contributed by atoms with van der Waals surface area (Å²) in [5.74, 6) is -0.726. The SMILES string of the molecule is O=C(N[C@@H](c1cccc2ccccc12)C1(O)CC1)C1(C(=O)N[C@@H](c2cccc3ccccc23)C2(O)CC2)CC1. The van der Waals surface area contributed by atoms with Gasteiger partial charge in [0.25, 0.3) is 0 Å². The maximum atomic E-state index is 13.8. The molecule has 0 aromatic heterocycles. The van der Waals surface area contributed by atoms with Crippen molar-refractivity contribution in [3.8, 4) is 0 Å². The molecule has 4 aromatic rings. The van der Waals surface area contributed by atoms with E-state index in [-0.39, 0.29) is 11.8 Å². The zero-order valence-electron chi connectivity index (χ0n) is 21.7. The van der Waals surface area contributed by atoms with E-state index in [0.29, 0.717) is 38.5 Å². The van der Waals surface area contributed by atoms with Crippen LogP contribution in [0.15, 0.2) is 84.9 Å². The van der Waals surface area contributed by atoms with Crippen molar-refractivity contribution < 1.29 is 19.8 Å². The Morgan fingerprint density at radius 2 is 0.949 bits per heavy atom. The van der Waals surface area contributed by atoms with E-state index in [1.54, 1.807) is 0 Å². The molecule has 2 amide bonds. The van der Waals surface area contributed by atoms with Crippen LogP contribution in [0.25, 0.3) is 21.5 Å². The van der Waals surface area contributed by atoms with Gasteiger partial charge in [0.2, 0.25) is 11.8 Å². The molecule has 7 rings (SSSR count). The Labute approximate surface area is 227 Å². The van der Waals surface area contributed by atoms with E-state index >= 15 is 0 Å². The number of rotatable bonds is 8. The van der Waals surface area contributed by atoms with Crippen molar-refractivity contribution in [3.05, 3.63) is 96.1 Å². The number of hydrogen-bond acceptors (Lipinski definition) is 4. The molecule has 3 saturated carbocycles. The highest BCUT2D eigenvalue weighted by molar-refractivity contribution is 6.08. The number of nitrogens with one attached hydrogen (secondary N) is 2. The van der Waals surface area contributed by atoms with Gasteiger partial charge in [-0.25, -0.2) is 0 Å². The van der Waals surface area contributed by atoms with Crippen molar-refractivity contribution in [1.29, 1.82) is 0 Å². The summed E-state index contributed by atoms with van der Waals surface area (Å²) in [6.45, 7) is 0. The molecule has 0 saturated heterocycles. The number of aliphatic hydroxyl groups is 2. The molecule has 0 heterocycles. The Bertz CT molecular complexity index is 1490. The van der Waals surface area contributed by atoms with Crippen LogP contribution in [0.1, 0.15) is 61.7 Å². The number of fused-ring (bicyclic) bond motifs is 2. The van der Waals surface area contributed by atoms with Gasteiger partial charge in [0.15, 0.2) is 0 Å². The third kappa shape index (κ3) is 4.10. The van der Waals surface area contributed by atoms with Gasteiger partial charge in [0, 0.05) is 0 Å². The van der Waals surface area contributed by atoms with Gasteiger partial charge >= 0.3 is 0 Å². The second kappa shape index (κ2) is 8.63. The van der Waals surface area contributed by atoms with Crippen LogP contribution in [0.5, 0.6) is 0 Å². The highest BCUT2D eigenvalue weighted by Gasteiger charge is 2.60. The zero-order valence-corrected chi connectivity index (χ0v) is 21.7. The van der Waals surface area contributed by atoms with E-state index in [1.165, 1.54) is 0 Å². The molecule has 3 aliphatic carbocycles. The Kier molecular flexibility index (Phi) is 5.38. The van der Waals surface area contributed by atoms with Crippen LogP contribution in [0.4, 0.5) is 0 Å². The van der Waals surface area contributed by atoms with Gasteiger partial charge in [0.05, 0.1) is 23.3 Å². The molecular formula is C33H32N2O4. The monoisotopic (exact) mass is 520 g/mol. The quantitative estimate of drug-likeness (QED) is 0.250. The molecule has 6 nitrogen and oxygen atoms in total. The number of carbonyl (C=O) groups is 2. The predicted octanol–water partition coefficient (Wildman–Crippen LogP) is 4.84. The molecular weight excluding hydrogens is 488 g/mol. The van der Waals surface area contributed by atoms with E-state index in [1.807, 2.05) is 84.9 Å². The third-order valence-corrected chi connectivity index (χ3v) is 9.04. The summed E-state index contributed by atoms with van der Waals surface area (Å²) in [7, 11) is 0. The van der Waals surface area contributed by atoms with Crippen LogP contribution >= 0.6 is 0 Å². The summed E-state index contributed by atoms with van der Waals surface area (Å²) in [5, 5.41) is 32.7. The van der Waals surface area contributed by atoms with E-state index in [2.05, 4.69) is 10.6 Å². The van der Waals surface area contributed by atoms with Crippen LogP contribution in [-0.2, 0) is 9.59 Å². The lowest BCUT2D eigenvalue weighted by atomic mass is 9.91. The highest BCUT2D eigenvalue weighted by Crippen LogP contribution is 2.52. The van der Waals surface area contributed by atoms with Gasteiger partial charge in [-0.1, -0.05) is 84.9 Å². The zero-order chi connectivity index (χ0) is 26.8. The van der Waals surface area contributed by atoms with E-state index in [9.17, 15) is 19.8 Å². The van der Waals surface area contributed by atoms with Crippen molar-refractivity contribution in [1.82, 2.24) is 10.6 Å². The van der Waals surface area contributed by atoms with Crippen LogP contribution < -0.4 is 10.6 Å². The highest BCUT2D eigenvalue weighted by atomic mass is 16.3. The molecule has 39 heavy (non-hydrogen) atoms. The minimum absolute atomic E-state index is 0.363. The first-order valence-corrected chi connectivity index (χ1v) is 13.9. The summed E-state index contributed by atoms with van der Waals surface area (Å²) >= 11 is 0.